The van der Waals surface area contributed by atoms with Crippen molar-refractivity contribution in [2.45, 2.75) is 44.6 Å². The zero-order valence-electron chi connectivity index (χ0n) is 15.1. The summed E-state index contributed by atoms with van der Waals surface area (Å²) < 4.78 is 0. The lowest BCUT2D eigenvalue weighted by molar-refractivity contribution is -0.123. The fraction of sp³-hybridized carbons (Fsp3) is 0.500. The average molecular weight is 369 g/mol. The molecule has 27 heavy (non-hydrogen) atoms. The Morgan fingerprint density at radius 3 is 2.19 bits per heavy atom. The van der Waals surface area contributed by atoms with Crippen molar-refractivity contribution in [3.05, 3.63) is 34.9 Å². The van der Waals surface area contributed by atoms with Crippen molar-refractivity contribution in [3.8, 4) is 0 Å². The van der Waals surface area contributed by atoms with Gasteiger partial charge in [0.1, 0.15) is 0 Å². The van der Waals surface area contributed by atoms with Crippen LogP contribution in [0.15, 0.2) is 18.2 Å². The molecule has 4 amide bonds. The Morgan fingerprint density at radius 2 is 1.56 bits per heavy atom. The molecule has 2 heterocycles. The summed E-state index contributed by atoms with van der Waals surface area (Å²) in [6, 6.07) is 4.73. The van der Waals surface area contributed by atoms with Crippen LogP contribution in [-0.2, 0) is 4.79 Å². The first-order valence-electron chi connectivity index (χ1n) is 9.58. The molecule has 0 bridgehead atoms. The number of rotatable bonds is 3. The van der Waals surface area contributed by atoms with Gasteiger partial charge in [-0.1, -0.05) is 12.8 Å². The predicted molar refractivity (Wildman–Crippen MR) is 97.0 cm³/mol. The number of carbonyl (C=O) groups is 4. The van der Waals surface area contributed by atoms with Crippen LogP contribution < -0.4 is 5.73 Å². The normalized spacial score (nSPS) is 21.0. The summed E-state index contributed by atoms with van der Waals surface area (Å²) in [5.41, 5.74) is 6.45. The fourth-order valence-electron chi connectivity index (χ4n) is 4.44. The summed E-state index contributed by atoms with van der Waals surface area (Å²) in [5, 5.41) is 0. The lowest BCUT2D eigenvalue weighted by Crippen LogP contribution is -2.41. The highest BCUT2D eigenvalue weighted by Gasteiger charge is 2.41. The van der Waals surface area contributed by atoms with Gasteiger partial charge < -0.3 is 10.6 Å². The van der Waals surface area contributed by atoms with E-state index in [1.54, 1.807) is 23.1 Å². The van der Waals surface area contributed by atoms with Crippen LogP contribution in [0.3, 0.4) is 0 Å². The molecule has 0 spiro atoms. The van der Waals surface area contributed by atoms with Crippen LogP contribution >= 0.6 is 0 Å². The Hall–Kier alpha value is -2.70. The maximum absolute atomic E-state index is 12.8. The minimum Gasteiger partial charge on any atom is -0.369 e. The van der Waals surface area contributed by atoms with Crippen molar-refractivity contribution in [1.82, 2.24) is 9.80 Å². The maximum atomic E-state index is 12.8. The largest absolute Gasteiger partial charge is 0.369 e. The number of primary amides is 1. The number of imide groups is 1. The monoisotopic (exact) mass is 369 g/mol. The van der Waals surface area contributed by atoms with Crippen LogP contribution in [-0.4, -0.2) is 52.6 Å². The van der Waals surface area contributed by atoms with Crippen molar-refractivity contribution in [1.29, 1.82) is 0 Å². The molecule has 0 aromatic heterocycles. The summed E-state index contributed by atoms with van der Waals surface area (Å²) in [7, 11) is 0. The van der Waals surface area contributed by atoms with Gasteiger partial charge >= 0.3 is 0 Å². The van der Waals surface area contributed by atoms with E-state index in [-0.39, 0.29) is 35.6 Å². The molecule has 3 aliphatic rings. The van der Waals surface area contributed by atoms with E-state index in [9.17, 15) is 19.2 Å². The summed E-state index contributed by atoms with van der Waals surface area (Å²) >= 11 is 0. The zero-order chi connectivity index (χ0) is 19.1. The van der Waals surface area contributed by atoms with Gasteiger partial charge in [0.15, 0.2) is 0 Å². The van der Waals surface area contributed by atoms with Gasteiger partial charge in [-0.3, -0.25) is 24.1 Å². The minimum atomic E-state index is -0.323. The molecule has 4 rings (SSSR count). The molecule has 142 valence electrons. The van der Waals surface area contributed by atoms with E-state index >= 15 is 0 Å². The first-order valence-corrected chi connectivity index (χ1v) is 9.58. The van der Waals surface area contributed by atoms with Gasteiger partial charge in [-0.15, -0.1) is 0 Å². The third-order valence-electron chi connectivity index (χ3n) is 6.04. The molecule has 1 saturated heterocycles. The summed E-state index contributed by atoms with van der Waals surface area (Å²) in [4.78, 5) is 52.6. The number of hydrogen-bond acceptors (Lipinski definition) is 4. The van der Waals surface area contributed by atoms with Gasteiger partial charge in [-0.2, -0.15) is 0 Å². The van der Waals surface area contributed by atoms with Gasteiger partial charge in [-0.25, -0.2) is 0 Å². The molecule has 2 fully saturated rings. The van der Waals surface area contributed by atoms with Crippen LogP contribution in [0.2, 0.25) is 0 Å². The van der Waals surface area contributed by atoms with Crippen LogP contribution in [0.5, 0.6) is 0 Å². The van der Waals surface area contributed by atoms with Crippen LogP contribution in [0, 0.1) is 5.92 Å². The molecule has 1 aromatic rings. The van der Waals surface area contributed by atoms with E-state index in [1.165, 1.54) is 4.90 Å². The quantitative estimate of drug-likeness (QED) is 0.817. The second-order valence-electron chi connectivity index (χ2n) is 7.65. The number of benzene rings is 1. The third-order valence-corrected chi connectivity index (χ3v) is 6.04. The molecule has 2 N–H and O–H groups in total. The molecule has 0 radical (unpaired) electrons. The number of fused-ring (bicyclic) bond motifs is 1. The van der Waals surface area contributed by atoms with E-state index in [1.807, 2.05) is 0 Å². The molecule has 1 aliphatic carbocycles. The standard InChI is InChI=1S/C20H23N3O4/c21-17(24)12-7-9-22(10-8-12)18(25)13-5-6-15-16(11-13)20(27)23(19(15)26)14-3-1-2-4-14/h5-6,11-12,14H,1-4,7-10H2,(H2,21,24). The highest BCUT2D eigenvalue weighted by molar-refractivity contribution is 6.22. The lowest BCUT2D eigenvalue weighted by Gasteiger charge is -2.30. The second kappa shape index (κ2) is 6.79. The first kappa shape index (κ1) is 17.7. The maximum Gasteiger partial charge on any atom is 0.261 e. The van der Waals surface area contributed by atoms with E-state index in [2.05, 4.69) is 0 Å². The predicted octanol–water partition coefficient (Wildman–Crippen LogP) is 1.56. The number of amides is 4. The van der Waals surface area contributed by atoms with Crippen molar-refractivity contribution in [2.75, 3.05) is 13.1 Å². The number of piperidine rings is 1. The SMILES string of the molecule is NC(=O)C1CCN(C(=O)c2ccc3c(c2)C(=O)N(C2CCCC2)C3=O)CC1. The van der Waals surface area contributed by atoms with Crippen LogP contribution in [0.4, 0.5) is 0 Å². The number of likely N-dealkylation sites (tertiary alicyclic amines) is 1. The average Bonchev–Trinajstić information content (AvgIpc) is 3.28. The lowest BCUT2D eigenvalue weighted by atomic mass is 9.95. The minimum absolute atomic E-state index is 0.0237. The highest BCUT2D eigenvalue weighted by Crippen LogP contribution is 2.32. The summed E-state index contributed by atoms with van der Waals surface area (Å²) in [6.07, 6.45) is 4.88. The molecule has 1 saturated carbocycles. The van der Waals surface area contributed by atoms with Crippen LogP contribution in [0.1, 0.15) is 69.6 Å². The van der Waals surface area contributed by atoms with E-state index in [0.29, 0.717) is 42.6 Å². The molecule has 1 aromatic carbocycles. The van der Waals surface area contributed by atoms with Gasteiger partial charge in [0.2, 0.25) is 5.91 Å². The molecular formula is C20H23N3O4. The second-order valence-corrected chi connectivity index (χ2v) is 7.65. The van der Waals surface area contributed by atoms with Crippen molar-refractivity contribution in [3.63, 3.8) is 0 Å². The zero-order valence-corrected chi connectivity index (χ0v) is 15.1. The van der Waals surface area contributed by atoms with Crippen LogP contribution in [0.25, 0.3) is 0 Å². The Labute approximate surface area is 157 Å². The Kier molecular flexibility index (Phi) is 4.45. The van der Waals surface area contributed by atoms with Crippen molar-refractivity contribution >= 4 is 23.6 Å². The van der Waals surface area contributed by atoms with E-state index in [4.69, 9.17) is 5.73 Å². The molecule has 2 aliphatic heterocycles. The molecule has 7 heteroatoms. The van der Waals surface area contributed by atoms with E-state index in [0.717, 1.165) is 25.7 Å². The molecule has 0 unspecified atom stereocenters. The Morgan fingerprint density at radius 1 is 0.926 bits per heavy atom. The van der Waals surface area contributed by atoms with Gasteiger partial charge in [0.25, 0.3) is 17.7 Å². The number of nitrogens with two attached hydrogens (primary N) is 1. The first-order chi connectivity index (χ1) is 13.0. The highest BCUT2D eigenvalue weighted by atomic mass is 16.2. The topological polar surface area (TPSA) is 101 Å². The Balaban J connectivity index is 1.53. The van der Waals surface area contributed by atoms with Crippen molar-refractivity contribution in [2.24, 2.45) is 11.7 Å². The molecular weight excluding hydrogens is 346 g/mol. The smallest absolute Gasteiger partial charge is 0.261 e. The van der Waals surface area contributed by atoms with E-state index < -0.39 is 0 Å². The number of hydrogen-bond donors (Lipinski definition) is 1. The fourth-order valence-corrected chi connectivity index (χ4v) is 4.44. The Bertz CT molecular complexity index is 821. The molecule has 0 atom stereocenters. The van der Waals surface area contributed by atoms with Crippen molar-refractivity contribution < 1.29 is 19.2 Å². The summed E-state index contributed by atoms with van der Waals surface area (Å²) in [5.74, 6) is -1.23. The van der Waals surface area contributed by atoms with Gasteiger partial charge in [0, 0.05) is 30.6 Å². The third kappa shape index (κ3) is 3.01. The number of carbonyl (C=O) groups excluding carboxylic acids is 4. The van der Waals surface area contributed by atoms with Gasteiger partial charge in [-0.05, 0) is 43.9 Å². The van der Waals surface area contributed by atoms with Gasteiger partial charge in [0.05, 0.1) is 11.1 Å². The summed E-state index contributed by atoms with van der Waals surface area (Å²) in [6.45, 7) is 0.926. The molecule has 7 nitrogen and oxygen atoms in total. The number of nitrogens with zero attached hydrogens (tertiary/aromatic N) is 2.